The van der Waals surface area contributed by atoms with Crippen LogP contribution in [0.15, 0.2) is 42.2 Å². The molecule has 1 fully saturated rings. The first-order valence-electron chi connectivity index (χ1n) is 10.5. The van der Waals surface area contributed by atoms with Gasteiger partial charge in [-0.2, -0.15) is 5.10 Å². The largest absolute Gasteiger partial charge is 0.481 e. The van der Waals surface area contributed by atoms with Crippen LogP contribution < -0.4 is 0 Å². The number of carboxylic acids is 1. The third kappa shape index (κ3) is 4.39. The standard InChI is InChI=1S/C23H27FN4O3/c1-3-28-16(2)18(14-25-28)15-27-10-8-23(9-11-27,22(29)30)13-20-12-21(26-31-20)17-4-6-19(24)7-5-17/h3-7,14,20H,1,8-13,15H2,2H3,(H,29,30)/t20-/m0/s1. The number of piperidine rings is 1. The van der Waals surface area contributed by atoms with Crippen LogP contribution in [0.3, 0.4) is 0 Å². The van der Waals surface area contributed by atoms with E-state index < -0.39 is 11.4 Å². The molecule has 2 aromatic rings. The van der Waals surface area contributed by atoms with Crippen LogP contribution in [0.2, 0.25) is 0 Å². The lowest BCUT2D eigenvalue weighted by Crippen LogP contribution is -2.45. The van der Waals surface area contributed by atoms with E-state index >= 15 is 0 Å². The fourth-order valence-corrected chi connectivity index (χ4v) is 4.47. The average Bonchev–Trinajstić information content (AvgIpc) is 3.36. The minimum absolute atomic E-state index is 0.282. The Morgan fingerprint density at radius 1 is 1.35 bits per heavy atom. The molecule has 0 saturated carbocycles. The molecular formula is C23H27FN4O3. The van der Waals surface area contributed by atoms with E-state index in [1.807, 2.05) is 13.1 Å². The second-order valence-electron chi connectivity index (χ2n) is 8.42. The van der Waals surface area contributed by atoms with E-state index in [-0.39, 0.29) is 11.9 Å². The lowest BCUT2D eigenvalue weighted by molar-refractivity contribution is -0.155. The second kappa shape index (κ2) is 8.63. The molecule has 0 aliphatic carbocycles. The quantitative estimate of drug-likeness (QED) is 0.731. The minimum Gasteiger partial charge on any atom is -0.481 e. The number of hydrogen-bond donors (Lipinski definition) is 1. The zero-order chi connectivity index (χ0) is 22.0. The first-order valence-corrected chi connectivity index (χ1v) is 10.5. The van der Waals surface area contributed by atoms with E-state index in [1.54, 1.807) is 23.0 Å². The topological polar surface area (TPSA) is 80.0 Å². The van der Waals surface area contributed by atoms with Gasteiger partial charge in [-0.05, 0) is 50.6 Å². The van der Waals surface area contributed by atoms with E-state index in [0.29, 0.717) is 38.8 Å². The normalized spacial score (nSPS) is 20.8. The summed E-state index contributed by atoms with van der Waals surface area (Å²) in [4.78, 5) is 20.1. The summed E-state index contributed by atoms with van der Waals surface area (Å²) < 4.78 is 14.9. The SMILES string of the molecule is C=Cn1ncc(CN2CCC(C[C@@H]3CC(c4ccc(F)cc4)=NO3)(C(=O)O)CC2)c1C. The third-order valence-corrected chi connectivity index (χ3v) is 6.51. The number of likely N-dealkylation sites (tertiary alicyclic amines) is 1. The van der Waals surface area contributed by atoms with Crippen molar-refractivity contribution in [3.8, 4) is 0 Å². The van der Waals surface area contributed by atoms with Crippen molar-refractivity contribution in [2.75, 3.05) is 13.1 Å². The van der Waals surface area contributed by atoms with Crippen LogP contribution in [-0.4, -0.2) is 50.7 Å². The maximum Gasteiger partial charge on any atom is 0.309 e. The predicted octanol–water partition coefficient (Wildman–Crippen LogP) is 3.68. The average molecular weight is 426 g/mol. The Bertz CT molecular complexity index is 991. The molecule has 4 rings (SSSR count). The molecule has 1 saturated heterocycles. The van der Waals surface area contributed by atoms with Crippen molar-refractivity contribution in [1.29, 1.82) is 0 Å². The Labute approximate surface area is 180 Å². The van der Waals surface area contributed by atoms with E-state index in [9.17, 15) is 14.3 Å². The van der Waals surface area contributed by atoms with Gasteiger partial charge in [0, 0.05) is 36.8 Å². The van der Waals surface area contributed by atoms with Crippen LogP contribution in [0, 0.1) is 18.2 Å². The Hall–Kier alpha value is -3.00. The number of benzene rings is 1. The fourth-order valence-electron chi connectivity index (χ4n) is 4.47. The minimum atomic E-state index is -0.824. The van der Waals surface area contributed by atoms with E-state index in [4.69, 9.17) is 4.84 Å². The fraction of sp³-hybridized carbons (Fsp3) is 0.435. The molecule has 164 valence electrons. The molecule has 1 N–H and O–H groups in total. The summed E-state index contributed by atoms with van der Waals surface area (Å²) >= 11 is 0. The highest BCUT2D eigenvalue weighted by molar-refractivity contribution is 6.01. The Balaban J connectivity index is 1.36. The molecule has 31 heavy (non-hydrogen) atoms. The van der Waals surface area contributed by atoms with Crippen molar-refractivity contribution in [1.82, 2.24) is 14.7 Å². The molecule has 0 amide bonds. The van der Waals surface area contributed by atoms with Gasteiger partial charge in [0.15, 0.2) is 0 Å². The summed E-state index contributed by atoms with van der Waals surface area (Å²) in [6.07, 6.45) is 5.30. The molecule has 8 heteroatoms. The number of nitrogens with zero attached hydrogens (tertiary/aromatic N) is 4. The molecular weight excluding hydrogens is 399 g/mol. The number of carbonyl (C=O) groups is 1. The second-order valence-corrected chi connectivity index (χ2v) is 8.42. The zero-order valence-corrected chi connectivity index (χ0v) is 17.6. The Kier molecular flexibility index (Phi) is 5.91. The van der Waals surface area contributed by atoms with Crippen LogP contribution in [0.1, 0.15) is 42.5 Å². The number of aromatic nitrogens is 2. The molecule has 2 aliphatic heterocycles. The van der Waals surface area contributed by atoms with Crippen LogP contribution in [-0.2, 0) is 16.2 Å². The summed E-state index contributed by atoms with van der Waals surface area (Å²) in [5.41, 5.74) is 2.89. The number of aliphatic carboxylic acids is 1. The molecule has 0 radical (unpaired) electrons. The first kappa shape index (κ1) is 21.2. The molecule has 0 unspecified atom stereocenters. The number of carboxylic acid groups (broad SMARTS) is 1. The summed E-state index contributed by atoms with van der Waals surface area (Å²) in [6.45, 7) is 7.90. The summed E-state index contributed by atoms with van der Waals surface area (Å²) in [5.74, 6) is -1.08. The van der Waals surface area contributed by atoms with Crippen LogP contribution >= 0.6 is 0 Å². The molecule has 1 aromatic heterocycles. The number of rotatable bonds is 7. The zero-order valence-electron chi connectivity index (χ0n) is 17.6. The van der Waals surface area contributed by atoms with Gasteiger partial charge in [-0.25, -0.2) is 9.07 Å². The van der Waals surface area contributed by atoms with E-state index in [0.717, 1.165) is 29.1 Å². The summed E-state index contributed by atoms with van der Waals surface area (Å²) in [5, 5.41) is 18.5. The van der Waals surface area contributed by atoms with Crippen LogP contribution in [0.5, 0.6) is 0 Å². The Morgan fingerprint density at radius 2 is 2.06 bits per heavy atom. The lowest BCUT2D eigenvalue weighted by Gasteiger charge is -2.39. The maximum absolute atomic E-state index is 13.2. The molecule has 3 heterocycles. The first-order chi connectivity index (χ1) is 14.9. The highest BCUT2D eigenvalue weighted by Crippen LogP contribution is 2.39. The number of halogens is 1. The van der Waals surface area contributed by atoms with Crippen molar-refractivity contribution in [2.45, 2.75) is 45.3 Å². The van der Waals surface area contributed by atoms with Crippen molar-refractivity contribution >= 4 is 17.9 Å². The van der Waals surface area contributed by atoms with Gasteiger partial charge in [0.25, 0.3) is 0 Å². The molecule has 2 aliphatic rings. The highest BCUT2D eigenvalue weighted by atomic mass is 19.1. The maximum atomic E-state index is 13.2. The summed E-state index contributed by atoms with van der Waals surface area (Å²) in [7, 11) is 0. The van der Waals surface area contributed by atoms with Gasteiger partial charge < -0.3 is 9.94 Å². The van der Waals surface area contributed by atoms with Crippen LogP contribution in [0.25, 0.3) is 6.20 Å². The van der Waals surface area contributed by atoms with Crippen molar-refractivity contribution in [3.63, 3.8) is 0 Å². The van der Waals surface area contributed by atoms with Gasteiger partial charge in [-0.15, -0.1) is 0 Å². The summed E-state index contributed by atoms with van der Waals surface area (Å²) in [6, 6.07) is 6.12. The molecule has 7 nitrogen and oxygen atoms in total. The molecule has 1 aromatic carbocycles. The van der Waals surface area contributed by atoms with Gasteiger partial charge in [0.05, 0.1) is 17.3 Å². The van der Waals surface area contributed by atoms with E-state index in [1.165, 1.54) is 12.1 Å². The van der Waals surface area contributed by atoms with E-state index in [2.05, 4.69) is 21.7 Å². The molecule has 0 spiro atoms. The monoisotopic (exact) mass is 426 g/mol. The third-order valence-electron chi connectivity index (χ3n) is 6.51. The van der Waals surface area contributed by atoms with Gasteiger partial charge >= 0.3 is 5.97 Å². The smallest absolute Gasteiger partial charge is 0.309 e. The molecule has 0 bridgehead atoms. The van der Waals surface area contributed by atoms with Gasteiger partial charge in [0.2, 0.25) is 0 Å². The van der Waals surface area contributed by atoms with Gasteiger partial charge in [0.1, 0.15) is 11.9 Å². The molecule has 1 atom stereocenters. The number of hydrogen-bond acceptors (Lipinski definition) is 5. The lowest BCUT2D eigenvalue weighted by atomic mass is 9.73. The number of oxime groups is 1. The van der Waals surface area contributed by atoms with Gasteiger partial charge in [-0.1, -0.05) is 23.9 Å². The Morgan fingerprint density at radius 3 is 2.68 bits per heavy atom. The van der Waals surface area contributed by atoms with Crippen molar-refractivity contribution < 1.29 is 19.1 Å². The highest BCUT2D eigenvalue weighted by Gasteiger charge is 2.45. The van der Waals surface area contributed by atoms with Crippen molar-refractivity contribution in [3.05, 3.63) is 59.7 Å². The van der Waals surface area contributed by atoms with Crippen LogP contribution in [0.4, 0.5) is 4.39 Å². The predicted molar refractivity (Wildman–Crippen MR) is 115 cm³/mol. The van der Waals surface area contributed by atoms with Gasteiger partial charge in [-0.3, -0.25) is 9.69 Å². The van der Waals surface area contributed by atoms with Crippen molar-refractivity contribution in [2.24, 2.45) is 10.6 Å².